The Hall–Kier alpha value is -2.67. The van der Waals surface area contributed by atoms with Gasteiger partial charge in [0.2, 0.25) is 0 Å². The highest BCUT2D eigenvalue weighted by molar-refractivity contribution is 7.90. The van der Waals surface area contributed by atoms with Crippen LogP contribution in [0.3, 0.4) is 0 Å². The first kappa shape index (κ1) is 18.1. The van der Waals surface area contributed by atoms with Crippen LogP contribution in [0.5, 0.6) is 5.75 Å². The van der Waals surface area contributed by atoms with E-state index in [-0.39, 0.29) is 22.6 Å². The molecule has 0 amide bonds. The van der Waals surface area contributed by atoms with Crippen molar-refractivity contribution in [3.05, 3.63) is 58.9 Å². The summed E-state index contributed by atoms with van der Waals surface area (Å²) in [7, 11) is -1.97. The fourth-order valence-corrected chi connectivity index (χ4v) is 3.55. The van der Waals surface area contributed by atoms with E-state index in [4.69, 9.17) is 9.47 Å². The Balaban J connectivity index is 2.16. The van der Waals surface area contributed by atoms with Crippen molar-refractivity contribution in [3.63, 3.8) is 0 Å². The molecule has 0 bridgehead atoms. The van der Waals surface area contributed by atoms with Crippen LogP contribution in [0.1, 0.15) is 16.7 Å². The molecule has 0 atom stereocenters. The molecule has 26 heavy (non-hydrogen) atoms. The molecule has 0 radical (unpaired) electrons. The third-order valence-electron chi connectivity index (χ3n) is 4.23. The maximum absolute atomic E-state index is 14.6. The summed E-state index contributed by atoms with van der Waals surface area (Å²) in [6.07, 6.45) is 1.01. The molecule has 2 aromatic rings. The van der Waals surface area contributed by atoms with Crippen molar-refractivity contribution in [2.75, 3.05) is 20.0 Å². The zero-order valence-electron chi connectivity index (χ0n) is 14.5. The van der Waals surface area contributed by atoms with Gasteiger partial charge in [-0.15, -0.1) is 0 Å². The fraction of sp³-hybridized carbons (Fsp3) is 0.211. The minimum Gasteiger partial charge on any atom is -0.496 e. The summed E-state index contributed by atoms with van der Waals surface area (Å²) in [5.74, 6) is -0.592. The van der Waals surface area contributed by atoms with Crippen molar-refractivity contribution in [2.24, 2.45) is 0 Å². The highest BCUT2D eigenvalue weighted by Gasteiger charge is 2.29. The number of sulfone groups is 1. The van der Waals surface area contributed by atoms with Gasteiger partial charge in [-0.05, 0) is 42.3 Å². The molecule has 5 nitrogen and oxygen atoms in total. The largest absolute Gasteiger partial charge is 0.496 e. The van der Waals surface area contributed by atoms with Crippen LogP contribution in [-0.2, 0) is 19.4 Å². The lowest BCUT2D eigenvalue weighted by Crippen LogP contribution is -2.01. The summed E-state index contributed by atoms with van der Waals surface area (Å²) >= 11 is 0. The molecule has 1 aliphatic heterocycles. The van der Waals surface area contributed by atoms with Crippen LogP contribution in [0.15, 0.2) is 41.3 Å². The highest BCUT2D eigenvalue weighted by atomic mass is 32.2. The topological polar surface area (TPSA) is 69.7 Å². The van der Waals surface area contributed by atoms with Gasteiger partial charge in [0.25, 0.3) is 0 Å². The van der Waals surface area contributed by atoms with Gasteiger partial charge in [0.05, 0.1) is 17.6 Å². The van der Waals surface area contributed by atoms with E-state index >= 15 is 0 Å². The van der Waals surface area contributed by atoms with Gasteiger partial charge in [0.15, 0.2) is 9.84 Å². The number of rotatable bonds is 4. The number of hydrogen-bond donors (Lipinski definition) is 0. The Bertz CT molecular complexity index is 1040. The van der Waals surface area contributed by atoms with Crippen LogP contribution >= 0.6 is 0 Å². The Kier molecular flexibility index (Phi) is 4.58. The minimum atomic E-state index is -3.52. The fourth-order valence-electron chi connectivity index (χ4n) is 2.91. The molecular weight excluding hydrogens is 359 g/mol. The predicted molar refractivity (Wildman–Crippen MR) is 95.0 cm³/mol. The molecule has 2 aromatic carbocycles. The molecule has 0 fully saturated rings. The van der Waals surface area contributed by atoms with Crippen molar-refractivity contribution in [1.82, 2.24) is 0 Å². The molecule has 1 heterocycles. The van der Waals surface area contributed by atoms with E-state index in [0.29, 0.717) is 16.9 Å². The van der Waals surface area contributed by atoms with Crippen LogP contribution in [0.2, 0.25) is 0 Å². The lowest BCUT2D eigenvalue weighted by Gasteiger charge is -2.10. The molecule has 0 unspecified atom stereocenters. The molecule has 0 aliphatic carbocycles. The molecule has 0 aromatic heterocycles. The molecule has 0 saturated carbocycles. The Morgan fingerprint density at radius 3 is 2.46 bits per heavy atom. The van der Waals surface area contributed by atoms with Crippen molar-refractivity contribution in [2.45, 2.75) is 11.8 Å². The van der Waals surface area contributed by atoms with Crippen LogP contribution in [-0.4, -0.2) is 34.4 Å². The first-order chi connectivity index (χ1) is 12.2. The summed E-state index contributed by atoms with van der Waals surface area (Å²) in [6.45, 7) is 1.76. The summed E-state index contributed by atoms with van der Waals surface area (Å²) in [6, 6.07) is 8.83. The van der Waals surface area contributed by atoms with Crippen molar-refractivity contribution in [1.29, 1.82) is 0 Å². The summed E-state index contributed by atoms with van der Waals surface area (Å²) in [4.78, 5) is 12.1. The van der Waals surface area contributed by atoms with Gasteiger partial charge in [-0.1, -0.05) is 12.1 Å². The Morgan fingerprint density at radius 2 is 1.88 bits per heavy atom. The first-order valence-corrected chi connectivity index (χ1v) is 9.67. The normalized spacial score (nSPS) is 14.5. The summed E-state index contributed by atoms with van der Waals surface area (Å²) < 4.78 is 48.1. The average molecular weight is 376 g/mol. The van der Waals surface area contributed by atoms with E-state index in [1.165, 1.54) is 12.1 Å². The van der Waals surface area contributed by atoms with Crippen LogP contribution in [0.25, 0.3) is 11.1 Å². The maximum Gasteiger partial charge on any atom is 0.339 e. The number of esters is 1. The molecule has 3 rings (SSSR count). The van der Waals surface area contributed by atoms with Gasteiger partial charge >= 0.3 is 5.97 Å². The molecule has 0 N–H and O–H groups in total. The van der Waals surface area contributed by atoms with Gasteiger partial charge in [0.1, 0.15) is 18.2 Å². The number of benzene rings is 2. The smallest absolute Gasteiger partial charge is 0.339 e. The second kappa shape index (κ2) is 6.57. The number of ether oxygens (including phenoxy) is 2. The molecule has 0 spiro atoms. The molecular formula is C19H17FO5S. The van der Waals surface area contributed by atoms with E-state index in [1.54, 1.807) is 25.3 Å². The maximum atomic E-state index is 14.6. The third-order valence-corrected chi connectivity index (χ3v) is 5.34. The number of carbonyl (C=O) groups excluding carboxylic acids is 1. The summed E-state index contributed by atoms with van der Waals surface area (Å²) in [5.41, 5.74) is 2.21. The van der Waals surface area contributed by atoms with Crippen molar-refractivity contribution < 1.29 is 27.1 Å². The number of hydrogen-bond acceptors (Lipinski definition) is 5. The van der Waals surface area contributed by atoms with Gasteiger partial charge in [-0.3, -0.25) is 0 Å². The van der Waals surface area contributed by atoms with Crippen LogP contribution in [0, 0.1) is 12.7 Å². The van der Waals surface area contributed by atoms with Gasteiger partial charge in [-0.2, -0.15) is 0 Å². The second-order valence-electron chi connectivity index (χ2n) is 6.03. The predicted octanol–water partition coefficient (Wildman–Crippen LogP) is 3.01. The lowest BCUT2D eigenvalue weighted by atomic mass is 9.95. The molecule has 136 valence electrons. The van der Waals surface area contributed by atoms with E-state index < -0.39 is 21.6 Å². The number of methoxy groups -OCH3 is 1. The zero-order chi connectivity index (χ0) is 19.1. The second-order valence-corrected chi connectivity index (χ2v) is 8.04. The van der Waals surface area contributed by atoms with Gasteiger partial charge in [-0.25, -0.2) is 17.6 Å². The zero-order valence-corrected chi connectivity index (χ0v) is 15.3. The Morgan fingerprint density at radius 1 is 1.15 bits per heavy atom. The Labute approximate surface area is 151 Å². The molecule has 1 aliphatic rings. The number of halogens is 1. The van der Waals surface area contributed by atoms with Crippen LogP contribution < -0.4 is 4.74 Å². The third kappa shape index (κ3) is 3.22. The van der Waals surface area contributed by atoms with Crippen molar-refractivity contribution >= 4 is 27.0 Å². The SMILES string of the molecule is COc1ccc(C2=C(c3ccc(S(C)(=O)=O)cc3F)COC2=O)cc1C. The summed E-state index contributed by atoms with van der Waals surface area (Å²) in [5, 5.41) is 0. The number of aryl methyl sites for hydroxylation is 1. The van der Waals surface area contributed by atoms with Gasteiger partial charge in [0, 0.05) is 17.4 Å². The highest BCUT2D eigenvalue weighted by Crippen LogP contribution is 2.36. The van der Waals surface area contributed by atoms with E-state index in [0.717, 1.165) is 17.9 Å². The lowest BCUT2D eigenvalue weighted by molar-refractivity contribution is -0.133. The van der Waals surface area contributed by atoms with E-state index in [1.807, 2.05) is 6.92 Å². The van der Waals surface area contributed by atoms with Crippen molar-refractivity contribution in [3.8, 4) is 5.75 Å². The van der Waals surface area contributed by atoms with Gasteiger partial charge < -0.3 is 9.47 Å². The molecule has 0 saturated heterocycles. The minimum absolute atomic E-state index is 0.0750. The average Bonchev–Trinajstić information content (AvgIpc) is 2.95. The number of carbonyl (C=O) groups is 1. The van der Waals surface area contributed by atoms with E-state index in [9.17, 15) is 17.6 Å². The number of cyclic esters (lactones) is 1. The molecule has 7 heteroatoms. The standard InChI is InChI=1S/C19H17FO5S/c1-11-8-12(4-7-17(11)24-2)18-15(10-25-19(18)21)14-6-5-13(9-16(14)20)26(3,22)23/h4-9H,10H2,1-3H3. The first-order valence-electron chi connectivity index (χ1n) is 7.77. The van der Waals surface area contributed by atoms with E-state index in [2.05, 4.69) is 0 Å². The van der Waals surface area contributed by atoms with Crippen LogP contribution in [0.4, 0.5) is 4.39 Å². The monoisotopic (exact) mass is 376 g/mol. The quantitative estimate of drug-likeness (QED) is 0.767.